The van der Waals surface area contributed by atoms with E-state index in [9.17, 15) is 24.3 Å². The summed E-state index contributed by atoms with van der Waals surface area (Å²) in [6.45, 7) is 0.0235. The van der Waals surface area contributed by atoms with Crippen LogP contribution in [0.25, 0.3) is 11.1 Å². The number of carbonyl (C=O) groups is 4. The second-order valence-corrected chi connectivity index (χ2v) is 8.78. The fourth-order valence-corrected chi connectivity index (χ4v) is 4.49. The number of fused-ring (bicyclic) bond motifs is 3. The Balaban J connectivity index is 1.35. The third-order valence-electron chi connectivity index (χ3n) is 6.28. The van der Waals surface area contributed by atoms with Gasteiger partial charge in [-0.25, -0.2) is 9.59 Å². The number of rotatable bonds is 10. The summed E-state index contributed by atoms with van der Waals surface area (Å²) in [4.78, 5) is 48.6. The van der Waals surface area contributed by atoms with E-state index in [4.69, 9.17) is 10.5 Å². The predicted molar refractivity (Wildman–Crippen MR) is 136 cm³/mol. The third kappa shape index (κ3) is 6.13. The zero-order valence-electron chi connectivity index (χ0n) is 19.9. The van der Waals surface area contributed by atoms with E-state index < -0.39 is 42.4 Å². The Morgan fingerprint density at radius 2 is 1.38 bits per heavy atom. The van der Waals surface area contributed by atoms with Crippen LogP contribution in [0.15, 0.2) is 78.9 Å². The molecule has 0 spiro atoms. The normalized spacial score (nSPS) is 13.5. The predicted octanol–water partition coefficient (Wildman–Crippen LogP) is 2.58. The molecule has 0 bridgehead atoms. The standard InChI is InChI=1S/C28H27N3O6/c29-26(33)23(15-25(32)30-24(27(34)35)14-17-8-2-1-3-9-17)31-28(36)37-16-22-20-12-6-4-10-18(20)19-11-5-7-13-21(19)22/h1-13,22-24H,14-16H2,(H2,29,33)(H,30,32)(H,31,36)(H,34,35)/t23?,24-/m0/s1. The van der Waals surface area contributed by atoms with Crippen molar-refractivity contribution >= 4 is 23.9 Å². The van der Waals surface area contributed by atoms with Gasteiger partial charge in [0.2, 0.25) is 11.8 Å². The lowest BCUT2D eigenvalue weighted by Crippen LogP contribution is -2.50. The van der Waals surface area contributed by atoms with Crippen LogP contribution in [0, 0.1) is 0 Å². The number of alkyl carbamates (subject to hydrolysis) is 1. The van der Waals surface area contributed by atoms with Crippen molar-refractivity contribution in [3.8, 4) is 11.1 Å². The molecule has 2 atom stereocenters. The lowest BCUT2D eigenvalue weighted by Gasteiger charge is -2.19. The van der Waals surface area contributed by atoms with Crippen molar-refractivity contribution in [3.05, 3.63) is 95.6 Å². The Hall–Kier alpha value is -4.66. The Labute approximate surface area is 213 Å². The second kappa shape index (κ2) is 11.4. The van der Waals surface area contributed by atoms with E-state index in [0.717, 1.165) is 27.8 Å². The quantitative estimate of drug-likeness (QED) is 0.336. The highest BCUT2D eigenvalue weighted by Gasteiger charge is 2.30. The highest BCUT2D eigenvalue weighted by atomic mass is 16.5. The SMILES string of the molecule is NC(=O)C(CC(=O)N[C@@H](Cc1ccccc1)C(=O)O)NC(=O)OCC1c2ccccc2-c2ccccc21. The summed E-state index contributed by atoms with van der Waals surface area (Å²) in [5.74, 6) is -3.09. The highest BCUT2D eigenvalue weighted by Crippen LogP contribution is 2.44. The van der Waals surface area contributed by atoms with Gasteiger partial charge in [0.25, 0.3) is 0 Å². The maximum atomic E-state index is 12.5. The molecule has 9 heteroatoms. The first-order valence-corrected chi connectivity index (χ1v) is 11.8. The van der Waals surface area contributed by atoms with Gasteiger partial charge in [0.05, 0.1) is 6.42 Å². The molecule has 37 heavy (non-hydrogen) atoms. The van der Waals surface area contributed by atoms with E-state index in [1.54, 1.807) is 30.3 Å². The molecule has 1 aliphatic carbocycles. The summed E-state index contributed by atoms with van der Waals surface area (Å²) in [7, 11) is 0. The van der Waals surface area contributed by atoms with Crippen LogP contribution in [0.2, 0.25) is 0 Å². The fourth-order valence-electron chi connectivity index (χ4n) is 4.49. The Kier molecular flexibility index (Phi) is 7.83. The summed E-state index contributed by atoms with van der Waals surface area (Å²) >= 11 is 0. The van der Waals surface area contributed by atoms with Crippen LogP contribution >= 0.6 is 0 Å². The van der Waals surface area contributed by atoms with E-state index in [2.05, 4.69) is 10.6 Å². The van der Waals surface area contributed by atoms with Crippen LogP contribution in [0.5, 0.6) is 0 Å². The first-order chi connectivity index (χ1) is 17.8. The van der Waals surface area contributed by atoms with Crippen molar-refractivity contribution in [2.45, 2.75) is 30.8 Å². The number of benzene rings is 3. The molecule has 1 unspecified atom stereocenters. The monoisotopic (exact) mass is 501 g/mol. The number of ether oxygens (including phenoxy) is 1. The molecule has 9 nitrogen and oxygen atoms in total. The largest absolute Gasteiger partial charge is 0.480 e. The van der Waals surface area contributed by atoms with Crippen molar-refractivity contribution in [1.29, 1.82) is 0 Å². The minimum atomic E-state index is -1.37. The molecule has 0 saturated carbocycles. The van der Waals surface area contributed by atoms with Gasteiger partial charge >= 0.3 is 12.1 Å². The molecule has 0 saturated heterocycles. The molecule has 0 radical (unpaired) electrons. The molecule has 3 aromatic carbocycles. The number of carbonyl (C=O) groups excluding carboxylic acids is 3. The fraction of sp³-hybridized carbons (Fsp3) is 0.214. The zero-order chi connectivity index (χ0) is 26.4. The average Bonchev–Trinajstić information content (AvgIpc) is 3.21. The van der Waals surface area contributed by atoms with E-state index >= 15 is 0 Å². The maximum absolute atomic E-state index is 12.5. The number of carboxylic acid groups (broad SMARTS) is 1. The lowest BCUT2D eigenvalue weighted by molar-refractivity contribution is -0.141. The number of hydrogen-bond donors (Lipinski definition) is 4. The highest BCUT2D eigenvalue weighted by molar-refractivity contribution is 5.91. The Bertz CT molecular complexity index is 1260. The van der Waals surface area contributed by atoms with Gasteiger partial charge in [-0.05, 0) is 27.8 Å². The minimum Gasteiger partial charge on any atom is -0.480 e. The molecule has 3 aromatic rings. The molecular formula is C28H27N3O6. The van der Waals surface area contributed by atoms with Crippen LogP contribution in [-0.2, 0) is 25.5 Å². The number of carboxylic acids is 1. The number of aliphatic carboxylic acids is 1. The van der Waals surface area contributed by atoms with Crippen LogP contribution < -0.4 is 16.4 Å². The molecule has 5 N–H and O–H groups in total. The van der Waals surface area contributed by atoms with Crippen LogP contribution in [-0.4, -0.2) is 47.7 Å². The molecule has 0 aliphatic heterocycles. The third-order valence-corrected chi connectivity index (χ3v) is 6.28. The van der Waals surface area contributed by atoms with E-state index in [0.29, 0.717) is 0 Å². The number of primary amides is 1. The summed E-state index contributed by atoms with van der Waals surface area (Å²) in [5, 5.41) is 14.2. The summed E-state index contributed by atoms with van der Waals surface area (Å²) in [5.41, 5.74) is 10.3. The number of amides is 3. The van der Waals surface area contributed by atoms with Crippen LogP contribution in [0.4, 0.5) is 4.79 Å². The van der Waals surface area contributed by atoms with Crippen molar-refractivity contribution in [1.82, 2.24) is 10.6 Å². The molecule has 0 aromatic heterocycles. The van der Waals surface area contributed by atoms with E-state index in [1.165, 1.54) is 0 Å². The zero-order valence-corrected chi connectivity index (χ0v) is 19.9. The number of hydrogen-bond acceptors (Lipinski definition) is 5. The van der Waals surface area contributed by atoms with Crippen molar-refractivity contribution in [2.24, 2.45) is 5.73 Å². The van der Waals surface area contributed by atoms with E-state index in [-0.39, 0.29) is 18.9 Å². The van der Waals surface area contributed by atoms with E-state index in [1.807, 2.05) is 48.5 Å². The molecule has 1 aliphatic rings. The van der Waals surface area contributed by atoms with Crippen molar-refractivity contribution < 1.29 is 29.0 Å². The molecule has 4 rings (SSSR count). The first kappa shape index (κ1) is 25.4. The van der Waals surface area contributed by atoms with Crippen LogP contribution in [0.3, 0.4) is 0 Å². The van der Waals surface area contributed by atoms with Gasteiger partial charge in [0.15, 0.2) is 0 Å². The first-order valence-electron chi connectivity index (χ1n) is 11.8. The van der Waals surface area contributed by atoms with Crippen LogP contribution in [0.1, 0.15) is 29.0 Å². The Morgan fingerprint density at radius 3 is 1.95 bits per heavy atom. The Morgan fingerprint density at radius 1 is 0.811 bits per heavy atom. The van der Waals surface area contributed by atoms with Gasteiger partial charge in [0, 0.05) is 12.3 Å². The summed E-state index contributed by atoms with van der Waals surface area (Å²) in [6.07, 6.45) is -1.38. The molecule has 0 fully saturated rings. The number of nitrogens with one attached hydrogen (secondary N) is 2. The average molecular weight is 502 g/mol. The summed E-state index contributed by atoms with van der Waals surface area (Å²) in [6, 6.07) is 21.9. The lowest BCUT2D eigenvalue weighted by atomic mass is 9.98. The smallest absolute Gasteiger partial charge is 0.407 e. The van der Waals surface area contributed by atoms with Gasteiger partial charge < -0.3 is 26.2 Å². The number of nitrogens with two attached hydrogens (primary N) is 1. The molecule has 3 amide bonds. The van der Waals surface area contributed by atoms with Gasteiger partial charge in [-0.3, -0.25) is 9.59 Å². The molecular weight excluding hydrogens is 474 g/mol. The van der Waals surface area contributed by atoms with Gasteiger partial charge in [0.1, 0.15) is 18.7 Å². The topological polar surface area (TPSA) is 148 Å². The second-order valence-electron chi connectivity index (χ2n) is 8.78. The van der Waals surface area contributed by atoms with Gasteiger partial charge in [-0.1, -0.05) is 78.9 Å². The van der Waals surface area contributed by atoms with Crippen molar-refractivity contribution in [3.63, 3.8) is 0 Å². The van der Waals surface area contributed by atoms with Gasteiger partial charge in [-0.15, -0.1) is 0 Å². The maximum Gasteiger partial charge on any atom is 0.407 e. The summed E-state index contributed by atoms with van der Waals surface area (Å²) < 4.78 is 5.42. The molecule has 190 valence electrons. The van der Waals surface area contributed by atoms with Crippen molar-refractivity contribution in [2.75, 3.05) is 6.61 Å². The minimum absolute atomic E-state index is 0.0235. The van der Waals surface area contributed by atoms with Gasteiger partial charge in [-0.2, -0.15) is 0 Å². The molecule has 0 heterocycles.